The number of nitrogens with zero attached hydrogens (tertiary/aromatic N) is 3. The molecule has 1 aliphatic rings. The van der Waals surface area contributed by atoms with Crippen LogP contribution in [0.4, 0.5) is 5.69 Å². The van der Waals surface area contributed by atoms with Crippen molar-refractivity contribution in [1.82, 2.24) is 15.1 Å². The number of esters is 1. The van der Waals surface area contributed by atoms with Gasteiger partial charge in [-0.3, -0.25) is 14.4 Å². The van der Waals surface area contributed by atoms with Crippen molar-refractivity contribution in [3.05, 3.63) is 88.4 Å². The molecule has 0 radical (unpaired) electrons. The number of para-hydroxylation sites is 1. The number of carbonyl (C=O) groups is 4. The van der Waals surface area contributed by atoms with E-state index < -0.39 is 5.97 Å². The van der Waals surface area contributed by atoms with E-state index in [4.69, 9.17) is 26.8 Å². The Bertz CT molecular complexity index is 1550. The molecular weight excluding hydrogens is 598 g/mol. The van der Waals surface area contributed by atoms with Crippen LogP contribution in [0.3, 0.4) is 0 Å². The fraction of sp³-hybridized carbons (Fsp3) is 0.333. The first-order chi connectivity index (χ1) is 21.5. The van der Waals surface area contributed by atoms with Crippen LogP contribution in [0.1, 0.15) is 26.3 Å². The molecule has 4 rings (SSSR count). The predicted molar refractivity (Wildman–Crippen MR) is 172 cm³/mol. The van der Waals surface area contributed by atoms with E-state index in [1.807, 2.05) is 30.3 Å². The van der Waals surface area contributed by atoms with Crippen LogP contribution in [0.25, 0.3) is 11.1 Å². The Hall–Kier alpha value is -4.45. The average Bonchev–Trinajstić information content (AvgIpc) is 3.26. The first-order valence-corrected chi connectivity index (χ1v) is 14.8. The monoisotopic (exact) mass is 635 g/mol. The fourth-order valence-electron chi connectivity index (χ4n) is 5.04. The molecule has 3 N–H and O–H groups in total. The number of methoxy groups -OCH3 is 1. The largest absolute Gasteiger partial charge is 0.465 e. The number of amides is 3. The summed E-state index contributed by atoms with van der Waals surface area (Å²) in [6, 6.07) is 19.0. The van der Waals surface area contributed by atoms with Crippen LogP contribution in [-0.4, -0.2) is 100 Å². The van der Waals surface area contributed by atoms with Crippen molar-refractivity contribution >= 4 is 41.0 Å². The topological polar surface area (TPSA) is 135 Å². The number of anilines is 1. The van der Waals surface area contributed by atoms with E-state index in [1.54, 1.807) is 60.3 Å². The Balaban J connectivity index is 1.61. The highest BCUT2D eigenvalue weighted by molar-refractivity contribution is 6.31. The number of nitrogens with two attached hydrogens (primary N) is 1. The summed E-state index contributed by atoms with van der Waals surface area (Å²) in [6.07, 6.45) is 0. The van der Waals surface area contributed by atoms with Crippen LogP contribution >= 0.6 is 11.6 Å². The second-order valence-corrected chi connectivity index (χ2v) is 11.4. The molecule has 1 aliphatic heterocycles. The zero-order valence-electron chi connectivity index (χ0n) is 25.6. The van der Waals surface area contributed by atoms with Gasteiger partial charge >= 0.3 is 5.97 Å². The predicted octanol–water partition coefficient (Wildman–Crippen LogP) is 2.80. The smallest absolute Gasteiger partial charge is 0.337 e. The molecule has 1 fully saturated rings. The Kier molecular flexibility index (Phi) is 11.5. The van der Waals surface area contributed by atoms with Gasteiger partial charge in [-0.1, -0.05) is 41.9 Å². The highest BCUT2D eigenvalue weighted by Crippen LogP contribution is 2.31. The van der Waals surface area contributed by atoms with Gasteiger partial charge in [-0.2, -0.15) is 0 Å². The van der Waals surface area contributed by atoms with Crippen molar-refractivity contribution in [3.8, 4) is 11.1 Å². The second-order valence-electron chi connectivity index (χ2n) is 10.9. The van der Waals surface area contributed by atoms with Gasteiger partial charge in [-0.05, 0) is 47.5 Å². The van der Waals surface area contributed by atoms with Crippen molar-refractivity contribution in [2.75, 3.05) is 65.5 Å². The van der Waals surface area contributed by atoms with Gasteiger partial charge in [-0.25, -0.2) is 4.79 Å². The zero-order chi connectivity index (χ0) is 32.5. The van der Waals surface area contributed by atoms with E-state index in [9.17, 15) is 19.2 Å². The molecule has 0 bridgehead atoms. The molecule has 0 spiro atoms. The maximum absolute atomic E-state index is 13.6. The molecule has 0 saturated carbocycles. The first-order valence-electron chi connectivity index (χ1n) is 14.5. The molecule has 3 aromatic carbocycles. The highest BCUT2D eigenvalue weighted by atomic mass is 35.5. The number of hydrogen-bond donors (Lipinski definition) is 2. The van der Waals surface area contributed by atoms with Crippen LogP contribution in [0.15, 0.2) is 66.7 Å². The van der Waals surface area contributed by atoms with Crippen LogP contribution in [-0.2, 0) is 25.6 Å². The number of carbonyl (C=O) groups excluding carboxylic acids is 4. The number of halogens is 1. The normalized spacial score (nSPS) is 14.7. The summed E-state index contributed by atoms with van der Waals surface area (Å²) in [5, 5.41) is 3.27. The summed E-state index contributed by atoms with van der Waals surface area (Å²) >= 11 is 6.27. The van der Waals surface area contributed by atoms with Gasteiger partial charge in [0.05, 0.1) is 39.0 Å². The Morgan fingerprint density at radius 1 is 1.02 bits per heavy atom. The molecule has 11 nitrogen and oxygen atoms in total. The van der Waals surface area contributed by atoms with E-state index in [1.165, 1.54) is 12.0 Å². The van der Waals surface area contributed by atoms with Gasteiger partial charge in [0.2, 0.25) is 11.8 Å². The van der Waals surface area contributed by atoms with Crippen LogP contribution in [0.5, 0.6) is 0 Å². The van der Waals surface area contributed by atoms with E-state index in [0.717, 1.165) is 5.56 Å². The molecule has 12 heteroatoms. The fourth-order valence-corrected chi connectivity index (χ4v) is 5.30. The minimum absolute atomic E-state index is 0.105. The molecule has 3 aromatic rings. The van der Waals surface area contributed by atoms with Crippen molar-refractivity contribution in [1.29, 1.82) is 0 Å². The molecule has 1 saturated heterocycles. The van der Waals surface area contributed by atoms with Crippen molar-refractivity contribution in [3.63, 3.8) is 0 Å². The van der Waals surface area contributed by atoms with Gasteiger partial charge in [-0.15, -0.1) is 0 Å². The average molecular weight is 636 g/mol. The highest BCUT2D eigenvalue weighted by Gasteiger charge is 2.25. The van der Waals surface area contributed by atoms with Gasteiger partial charge in [0.15, 0.2) is 0 Å². The lowest BCUT2D eigenvalue weighted by molar-refractivity contribution is -0.129. The minimum atomic E-state index is -0.475. The van der Waals surface area contributed by atoms with Gasteiger partial charge in [0.25, 0.3) is 5.91 Å². The van der Waals surface area contributed by atoms with E-state index >= 15 is 0 Å². The van der Waals surface area contributed by atoms with E-state index in [-0.39, 0.29) is 43.4 Å². The van der Waals surface area contributed by atoms with Crippen LogP contribution < -0.4 is 16.0 Å². The lowest BCUT2D eigenvalue weighted by Crippen LogP contribution is -2.47. The summed E-state index contributed by atoms with van der Waals surface area (Å²) in [6.45, 7) is 1.32. The summed E-state index contributed by atoms with van der Waals surface area (Å²) in [7, 11) is 4.62. The number of benzene rings is 3. The molecule has 238 valence electrons. The third-order valence-electron chi connectivity index (χ3n) is 7.25. The van der Waals surface area contributed by atoms with Crippen LogP contribution in [0.2, 0.25) is 5.02 Å². The quantitative estimate of drug-likeness (QED) is 0.325. The van der Waals surface area contributed by atoms with Gasteiger partial charge in [0.1, 0.15) is 0 Å². The SMILES string of the molecule is COC(=O)c1cccc(-c2ccccc2N(CC(=O)NCc2cc(Cl)cc(C(=O)N(C)C)c2)CC(=O)N2CCOCC(N)C2)c1. The Morgan fingerprint density at radius 2 is 1.80 bits per heavy atom. The Labute approximate surface area is 267 Å². The number of hydrogen-bond acceptors (Lipinski definition) is 8. The third-order valence-corrected chi connectivity index (χ3v) is 7.46. The van der Waals surface area contributed by atoms with E-state index in [2.05, 4.69) is 5.32 Å². The van der Waals surface area contributed by atoms with Crippen LogP contribution in [0, 0.1) is 0 Å². The maximum atomic E-state index is 13.6. The standard InChI is InChI=1S/C33H38ClN5O6/c1-37(2)32(42)25-13-22(14-26(34)16-25)17-36-30(40)19-39(20-31(41)38-11-12-45-21-27(35)18-38)29-10-5-4-9-28(29)23-7-6-8-24(15-23)33(43)44-3/h4-10,13-16,27H,11-12,17-21,35H2,1-3H3,(H,36,40). The third kappa shape index (κ3) is 9.04. The second kappa shape index (κ2) is 15.5. The molecule has 1 unspecified atom stereocenters. The summed E-state index contributed by atoms with van der Waals surface area (Å²) in [4.78, 5) is 56.6. The molecule has 0 aromatic heterocycles. The molecular formula is C33H38ClN5O6. The Morgan fingerprint density at radius 3 is 2.56 bits per heavy atom. The molecule has 1 heterocycles. The minimum Gasteiger partial charge on any atom is -0.465 e. The number of nitrogens with one attached hydrogen (secondary N) is 1. The van der Waals surface area contributed by atoms with E-state index in [0.29, 0.717) is 59.3 Å². The molecule has 0 aliphatic carbocycles. The van der Waals surface area contributed by atoms with Gasteiger partial charge < -0.3 is 35.2 Å². The molecule has 45 heavy (non-hydrogen) atoms. The molecule has 1 atom stereocenters. The molecule has 3 amide bonds. The summed E-state index contributed by atoms with van der Waals surface area (Å²) in [5.74, 6) is -1.24. The zero-order valence-corrected chi connectivity index (χ0v) is 26.4. The first kappa shape index (κ1) is 33.4. The summed E-state index contributed by atoms with van der Waals surface area (Å²) < 4.78 is 10.4. The number of ether oxygens (including phenoxy) is 2. The summed E-state index contributed by atoms with van der Waals surface area (Å²) in [5.41, 5.74) is 9.62. The lowest BCUT2D eigenvalue weighted by atomic mass is 10.0. The van der Waals surface area contributed by atoms with Crippen molar-refractivity contribution in [2.45, 2.75) is 12.6 Å². The van der Waals surface area contributed by atoms with Crippen molar-refractivity contribution in [2.24, 2.45) is 5.73 Å². The van der Waals surface area contributed by atoms with Crippen molar-refractivity contribution < 1.29 is 28.7 Å². The van der Waals surface area contributed by atoms with Gasteiger partial charge in [0, 0.05) is 61.6 Å². The maximum Gasteiger partial charge on any atom is 0.337 e. The lowest BCUT2D eigenvalue weighted by Gasteiger charge is -2.30. The number of rotatable bonds is 10.